The van der Waals surface area contributed by atoms with Gasteiger partial charge in [0.2, 0.25) is 5.89 Å². The van der Waals surface area contributed by atoms with Crippen molar-refractivity contribution in [1.29, 1.82) is 0 Å². The number of phenolic OH excluding ortho intramolecular Hbond substituents is 1. The minimum atomic E-state index is -5.08. The van der Waals surface area contributed by atoms with Crippen molar-refractivity contribution in [2.24, 2.45) is 5.92 Å². The third-order valence-electron chi connectivity index (χ3n) is 9.74. The first-order valence-electron chi connectivity index (χ1n) is 19.4. The zero-order chi connectivity index (χ0) is 46.4. The first-order chi connectivity index (χ1) is 29.7. The Bertz CT molecular complexity index is 2290. The Labute approximate surface area is 358 Å². The molecule has 342 valence electrons. The summed E-state index contributed by atoms with van der Waals surface area (Å²) in [6.07, 6.45) is -3.46. The number of nitrogens with zero attached hydrogens (tertiary/aromatic N) is 1. The van der Waals surface area contributed by atoms with E-state index in [1.165, 1.54) is 12.5 Å². The maximum Gasteiger partial charge on any atom is 0.490 e. The molecule has 1 aliphatic rings. The lowest BCUT2D eigenvalue weighted by molar-refractivity contribution is -0.193. The van der Waals surface area contributed by atoms with Gasteiger partial charge in [0.25, 0.3) is 5.91 Å². The van der Waals surface area contributed by atoms with Crippen LogP contribution >= 0.6 is 11.3 Å². The van der Waals surface area contributed by atoms with Crippen molar-refractivity contribution in [1.82, 2.24) is 25.9 Å². The Hall–Kier alpha value is -5.81. The van der Waals surface area contributed by atoms with E-state index >= 15 is 0 Å². The highest BCUT2D eigenvalue weighted by molar-refractivity contribution is 7.16. The number of alkyl halides is 6. The van der Waals surface area contributed by atoms with Gasteiger partial charge in [0.1, 0.15) is 17.0 Å². The van der Waals surface area contributed by atoms with E-state index in [9.17, 15) is 51.3 Å². The number of hydrogen-bond donors (Lipinski definition) is 9. The number of rotatable bonds is 15. The molecule has 63 heavy (non-hydrogen) atoms. The third kappa shape index (κ3) is 14.4. The number of nitrogens with one attached hydrogen (secondary N) is 4. The SMILES string of the molecule is O=C(NCCNCCc1cnc([C@](O)(c2ccccc2)C2CCCCC2)o1)c1ccc(CNC[C@H](O)c2ccc(O)c3[nH]c(=O)sc23)cc1.O=C(O)C(F)(F)F.O=C(O)C(F)(F)F. The number of aromatic amines is 1. The lowest BCUT2D eigenvalue weighted by Crippen LogP contribution is -2.38. The lowest BCUT2D eigenvalue weighted by atomic mass is 9.73. The smallest absolute Gasteiger partial charge is 0.490 e. The molecule has 6 rings (SSSR count). The summed E-state index contributed by atoms with van der Waals surface area (Å²) >= 11 is 0.954. The molecular weight excluding hydrogens is 869 g/mol. The molecule has 0 bridgehead atoms. The number of phenols is 1. The molecule has 1 aliphatic carbocycles. The molecule has 22 heteroatoms. The number of aliphatic hydroxyl groups excluding tert-OH is 1. The number of aliphatic hydroxyl groups is 2. The van der Waals surface area contributed by atoms with Crippen molar-refractivity contribution in [3.63, 3.8) is 0 Å². The van der Waals surface area contributed by atoms with E-state index < -0.39 is 36.0 Å². The van der Waals surface area contributed by atoms with Crippen LogP contribution in [0.2, 0.25) is 0 Å². The van der Waals surface area contributed by atoms with Crippen molar-refractivity contribution in [2.45, 2.75) is 69.1 Å². The fourth-order valence-corrected chi connectivity index (χ4v) is 7.51. The number of amides is 1. The molecule has 2 aromatic heterocycles. The van der Waals surface area contributed by atoms with Gasteiger partial charge in [-0.3, -0.25) is 9.59 Å². The van der Waals surface area contributed by atoms with Crippen LogP contribution in [-0.2, 0) is 28.2 Å². The fourth-order valence-electron chi connectivity index (χ4n) is 6.59. The Kier molecular flexibility index (Phi) is 17.8. The Morgan fingerprint density at radius 2 is 1.48 bits per heavy atom. The van der Waals surface area contributed by atoms with E-state index in [1.54, 1.807) is 24.4 Å². The molecule has 1 saturated carbocycles. The van der Waals surface area contributed by atoms with Crippen molar-refractivity contribution in [3.8, 4) is 5.75 Å². The van der Waals surface area contributed by atoms with Crippen LogP contribution in [0.3, 0.4) is 0 Å². The number of fused-ring (bicyclic) bond motifs is 1. The number of carboxylic acid groups (broad SMARTS) is 2. The number of halogens is 6. The summed E-state index contributed by atoms with van der Waals surface area (Å²) in [5.41, 5.74) is 1.97. The molecule has 3 aromatic carbocycles. The van der Waals surface area contributed by atoms with Crippen LogP contribution in [0, 0.1) is 5.92 Å². The second kappa shape index (κ2) is 22.5. The van der Waals surface area contributed by atoms with Gasteiger partial charge in [-0.1, -0.05) is 79.1 Å². The van der Waals surface area contributed by atoms with Crippen molar-refractivity contribution in [3.05, 3.63) is 116 Å². The summed E-state index contributed by atoms with van der Waals surface area (Å²) in [5, 5.41) is 56.4. The molecule has 0 unspecified atom stereocenters. The Morgan fingerprint density at radius 1 is 0.857 bits per heavy atom. The molecule has 0 aliphatic heterocycles. The van der Waals surface area contributed by atoms with E-state index in [2.05, 4.69) is 25.9 Å². The molecule has 15 nitrogen and oxygen atoms in total. The highest BCUT2D eigenvalue weighted by Gasteiger charge is 2.44. The van der Waals surface area contributed by atoms with Crippen LogP contribution in [0.1, 0.15) is 76.9 Å². The molecular formula is C41H45F6N5O10S. The summed E-state index contributed by atoms with van der Waals surface area (Å²) in [6, 6.07) is 20.1. The largest absolute Gasteiger partial charge is 0.506 e. The summed E-state index contributed by atoms with van der Waals surface area (Å²) in [4.78, 5) is 49.1. The molecule has 5 aromatic rings. The van der Waals surface area contributed by atoms with Gasteiger partial charge in [-0.15, -0.1) is 0 Å². The van der Waals surface area contributed by atoms with Gasteiger partial charge >= 0.3 is 29.2 Å². The number of aliphatic carboxylic acids is 2. The summed E-state index contributed by atoms with van der Waals surface area (Å²) in [6.45, 7) is 2.40. The van der Waals surface area contributed by atoms with Crippen LogP contribution in [-0.4, -0.2) is 91.9 Å². The van der Waals surface area contributed by atoms with Gasteiger partial charge < -0.3 is 50.9 Å². The minimum absolute atomic E-state index is 0.0294. The van der Waals surface area contributed by atoms with Crippen molar-refractivity contribution in [2.75, 3.05) is 26.2 Å². The number of benzene rings is 3. The second-order valence-electron chi connectivity index (χ2n) is 14.2. The average molecular weight is 914 g/mol. The number of aromatic hydroxyl groups is 1. The van der Waals surface area contributed by atoms with Gasteiger partial charge in [-0.25, -0.2) is 14.6 Å². The van der Waals surface area contributed by atoms with Gasteiger partial charge in [-0.05, 0) is 42.2 Å². The molecule has 1 fully saturated rings. The summed E-state index contributed by atoms with van der Waals surface area (Å²) < 4.78 is 70.1. The molecule has 0 saturated heterocycles. The Morgan fingerprint density at radius 3 is 2.08 bits per heavy atom. The topological polar surface area (TPSA) is 247 Å². The quantitative estimate of drug-likeness (QED) is 0.0449. The van der Waals surface area contributed by atoms with Gasteiger partial charge in [0.15, 0.2) is 5.60 Å². The van der Waals surface area contributed by atoms with Gasteiger partial charge in [-0.2, -0.15) is 26.3 Å². The van der Waals surface area contributed by atoms with Gasteiger partial charge in [0.05, 0.1) is 17.0 Å². The zero-order valence-electron chi connectivity index (χ0n) is 33.3. The Balaban J connectivity index is 0.000000537. The van der Waals surface area contributed by atoms with Crippen molar-refractivity contribution >= 4 is 39.4 Å². The first-order valence-corrected chi connectivity index (χ1v) is 20.2. The fraction of sp³-hybridized carbons (Fsp3) is 0.390. The average Bonchev–Trinajstić information content (AvgIpc) is 3.90. The van der Waals surface area contributed by atoms with E-state index in [4.69, 9.17) is 24.2 Å². The van der Waals surface area contributed by atoms with Gasteiger partial charge in [0, 0.05) is 56.2 Å². The molecule has 9 N–H and O–H groups in total. The number of carbonyl (C=O) groups is 3. The number of aromatic nitrogens is 2. The van der Waals surface area contributed by atoms with Crippen LogP contribution < -0.4 is 20.8 Å². The van der Waals surface area contributed by atoms with Crippen LogP contribution in [0.5, 0.6) is 5.75 Å². The standard InChI is InChI=1S/C37H43N5O6S.2C2HF3O2/c43-30-16-15-29(33-32(30)42-36(46)49-33)31(44)23-39-21-24-11-13-25(14-12-24)34(45)40-20-19-38-18-17-28-22-41-35(48-28)37(47,26-7-3-1-4-8-26)27-9-5-2-6-10-27;2*3-2(4,5)1(6)7/h1,3-4,7-8,11-16,22,27,31,38-39,43-44,47H,2,5-6,9-10,17-21,23H2,(H,40,45)(H,42,46);2*(H,6,7)/t31-,37-;;/m0../s1. The lowest BCUT2D eigenvalue weighted by Gasteiger charge is -2.36. The number of carbonyl (C=O) groups excluding carboxylic acids is 1. The first kappa shape index (κ1) is 49.8. The summed E-state index contributed by atoms with van der Waals surface area (Å²) in [7, 11) is 0. The number of oxazole rings is 1. The summed E-state index contributed by atoms with van der Waals surface area (Å²) in [5.74, 6) is -4.58. The molecule has 0 spiro atoms. The molecule has 1 amide bonds. The second-order valence-corrected chi connectivity index (χ2v) is 15.2. The number of hydrogen-bond acceptors (Lipinski definition) is 12. The highest BCUT2D eigenvalue weighted by Crippen LogP contribution is 2.43. The monoisotopic (exact) mass is 913 g/mol. The number of H-pyrrole nitrogens is 1. The van der Waals surface area contributed by atoms with Crippen LogP contribution in [0.25, 0.3) is 10.2 Å². The minimum Gasteiger partial charge on any atom is -0.506 e. The highest BCUT2D eigenvalue weighted by atomic mass is 32.1. The number of carboxylic acids is 2. The normalized spacial score (nSPS) is 14.7. The molecule has 2 atom stereocenters. The van der Waals surface area contributed by atoms with E-state index in [0.717, 1.165) is 48.1 Å². The van der Waals surface area contributed by atoms with E-state index in [1.807, 2.05) is 42.5 Å². The maximum absolute atomic E-state index is 12.7. The van der Waals surface area contributed by atoms with E-state index in [-0.39, 0.29) is 29.0 Å². The molecule has 0 radical (unpaired) electrons. The van der Waals surface area contributed by atoms with Crippen LogP contribution in [0.4, 0.5) is 26.3 Å². The number of thiazole rings is 1. The predicted molar refractivity (Wildman–Crippen MR) is 216 cm³/mol. The predicted octanol–water partition coefficient (Wildman–Crippen LogP) is 5.75. The van der Waals surface area contributed by atoms with Crippen molar-refractivity contribution < 1.29 is 70.7 Å². The maximum atomic E-state index is 12.7. The third-order valence-corrected chi connectivity index (χ3v) is 10.7. The van der Waals surface area contributed by atoms with Crippen LogP contribution in [0.15, 0.2) is 82.1 Å². The molecule has 2 heterocycles. The zero-order valence-corrected chi connectivity index (χ0v) is 34.1. The van der Waals surface area contributed by atoms with E-state index in [0.29, 0.717) is 65.6 Å².